The van der Waals surface area contributed by atoms with Crippen LogP contribution in [0.5, 0.6) is 0 Å². The summed E-state index contributed by atoms with van der Waals surface area (Å²) >= 11 is 0. The number of carbonyl (C=O) groups excluding carboxylic acids is 3. The molecule has 3 aromatic rings. The predicted octanol–water partition coefficient (Wildman–Crippen LogP) is 1.85. The molecule has 1 saturated heterocycles. The van der Waals surface area contributed by atoms with Gasteiger partial charge in [-0.2, -0.15) is 0 Å². The van der Waals surface area contributed by atoms with E-state index in [1.54, 1.807) is 42.5 Å². The number of rotatable bonds is 9. The molecule has 12 heteroatoms. The van der Waals surface area contributed by atoms with E-state index in [-0.39, 0.29) is 24.2 Å². The zero-order valence-electron chi connectivity index (χ0n) is 22.9. The van der Waals surface area contributed by atoms with Gasteiger partial charge in [0.05, 0.1) is 18.2 Å². The average Bonchev–Trinajstić information content (AvgIpc) is 3.40. The SMILES string of the molecule is Cc1ccccc1CNC(=O)[C@@H]1CC(F)(F)CN1C(=O)[C@@H](O)[C@H](Cc1ccccc1)NC(=O)c1c(C)c(=O)on1C. The van der Waals surface area contributed by atoms with Crippen LogP contribution in [0.25, 0.3) is 0 Å². The molecule has 218 valence electrons. The van der Waals surface area contributed by atoms with Crippen LogP contribution in [0, 0.1) is 13.8 Å². The van der Waals surface area contributed by atoms with Gasteiger partial charge in [0.15, 0.2) is 6.10 Å². The van der Waals surface area contributed by atoms with Crippen LogP contribution >= 0.6 is 0 Å². The summed E-state index contributed by atoms with van der Waals surface area (Å²) in [4.78, 5) is 52.2. The smallest absolute Gasteiger partial charge is 0.361 e. The van der Waals surface area contributed by atoms with Crippen LogP contribution in [-0.2, 0) is 29.6 Å². The summed E-state index contributed by atoms with van der Waals surface area (Å²) < 4.78 is 35.0. The molecule has 0 spiro atoms. The molecule has 1 aromatic heterocycles. The van der Waals surface area contributed by atoms with Crippen molar-refractivity contribution in [3.8, 4) is 0 Å². The number of aromatic nitrogens is 1. The summed E-state index contributed by atoms with van der Waals surface area (Å²) in [6, 6.07) is 13.1. The highest BCUT2D eigenvalue weighted by molar-refractivity contribution is 5.95. The molecule has 0 radical (unpaired) electrons. The van der Waals surface area contributed by atoms with Gasteiger partial charge < -0.3 is 25.2 Å². The number of alkyl halides is 2. The van der Waals surface area contributed by atoms with Crippen molar-refractivity contribution in [3.63, 3.8) is 0 Å². The third-order valence-electron chi connectivity index (χ3n) is 7.23. The van der Waals surface area contributed by atoms with Crippen LogP contribution in [0.15, 0.2) is 63.9 Å². The lowest BCUT2D eigenvalue weighted by atomic mass is 9.99. The van der Waals surface area contributed by atoms with E-state index in [1.165, 1.54) is 14.0 Å². The number of aryl methyl sites for hydroxylation is 2. The van der Waals surface area contributed by atoms with Gasteiger partial charge in [-0.05, 0) is 37.0 Å². The standard InChI is InChI=1S/C29H32F2N4O6/c1-17-9-7-8-12-20(17)15-32-25(37)22-14-29(30,31)16-35(22)27(39)24(36)21(13-19-10-5-4-6-11-19)33-26(38)23-18(2)28(40)41-34(23)3/h4-12,21-22,24,36H,13-16H2,1-3H3,(H,32,37)(H,33,38)/t21-,22-,24-/m0/s1. The fraction of sp³-hybridized carbons (Fsp3) is 0.379. The molecule has 0 unspecified atom stereocenters. The normalized spacial score (nSPS) is 17.6. The highest BCUT2D eigenvalue weighted by atomic mass is 19.3. The maximum atomic E-state index is 14.6. The van der Waals surface area contributed by atoms with Gasteiger partial charge in [-0.1, -0.05) is 54.6 Å². The first kappa shape index (κ1) is 29.7. The molecule has 2 heterocycles. The third-order valence-corrected chi connectivity index (χ3v) is 7.23. The van der Waals surface area contributed by atoms with Gasteiger partial charge in [0, 0.05) is 20.0 Å². The van der Waals surface area contributed by atoms with E-state index in [2.05, 4.69) is 10.6 Å². The summed E-state index contributed by atoms with van der Waals surface area (Å²) in [5.41, 5.74) is 1.51. The Morgan fingerprint density at radius 3 is 2.39 bits per heavy atom. The molecular weight excluding hydrogens is 538 g/mol. The number of halogens is 2. The van der Waals surface area contributed by atoms with Crippen LogP contribution in [0.2, 0.25) is 0 Å². The summed E-state index contributed by atoms with van der Waals surface area (Å²) in [6.07, 6.45) is -2.93. The van der Waals surface area contributed by atoms with Crippen molar-refractivity contribution in [1.82, 2.24) is 20.3 Å². The van der Waals surface area contributed by atoms with E-state index in [0.29, 0.717) is 10.5 Å². The fourth-order valence-electron chi connectivity index (χ4n) is 4.96. The van der Waals surface area contributed by atoms with Crippen LogP contribution < -0.4 is 16.3 Å². The Bertz CT molecular complexity index is 1490. The van der Waals surface area contributed by atoms with E-state index < -0.39 is 60.4 Å². The van der Waals surface area contributed by atoms with Gasteiger partial charge in [-0.3, -0.25) is 14.4 Å². The highest BCUT2D eigenvalue weighted by Gasteiger charge is 2.51. The van der Waals surface area contributed by atoms with E-state index in [0.717, 1.165) is 15.9 Å². The number of nitrogens with zero attached hydrogens (tertiary/aromatic N) is 2. The van der Waals surface area contributed by atoms with E-state index in [4.69, 9.17) is 4.52 Å². The lowest BCUT2D eigenvalue weighted by Gasteiger charge is -2.30. The average molecular weight is 571 g/mol. The van der Waals surface area contributed by atoms with Gasteiger partial charge >= 0.3 is 5.63 Å². The number of hydrogen-bond acceptors (Lipinski definition) is 6. The second kappa shape index (κ2) is 12.0. The second-order valence-electron chi connectivity index (χ2n) is 10.3. The fourth-order valence-corrected chi connectivity index (χ4v) is 4.96. The summed E-state index contributed by atoms with van der Waals surface area (Å²) in [7, 11) is 1.35. The minimum Gasteiger partial charge on any atom is -0.381 e. The van der Waals surface area contributed by atoms with E-state index in [9.17, 15) is 33.1 Å². The Balaban J connectivity index is 1.56. The number of hydrogen-bond donors (Lipinski definition) is 3. The van der Waals surface area contributed by atoms with Crippen molar-refractivity contribution in [2.75, 3.05) is 6.54 Å². The van der Waals surface area contributed by atoms with Crippen LogP contribution in [0.4, 0.5) is 8.78 Å². The van der Waals surface area contributed by atoms with Gasteiger partial charge in [-0.15, -0.1) is 0 Å². The number of benzene rings is 2. The molecule has 4 rings (SSSR count). The number of amides is 3. The Hall–Kier alpha value is -4.32. The Kier molecular flexibility index (Phi) is 8.72. The molecule has 41 heavy (non-hydrogen) atoms. The maximum Gasteiger partial charge on any atom is 0.361 e. The zero-order chi connectivity index (χ0) is 29.9. The van der Waals surface area contributed by atoms with Crippen molar-refractivity contribution in [1.29, 1.82) is 0 Å². The molecule has 2 aromatic carbocycles. The summed E-state index contributed by atoms with van der Waals surface area (Å²) in [6.45, 7) is 2.25. The highest BCUT2D eigenvalue weighted by Crippen LogP contribution is 2.33. The first-order valence-corrected chi connectivity index (χ1v) is 13.1. The minimum atomic E-state index is -3.36. The lowest BCUT2D eigenvalue weighted by Crippen LogP contribution is -2.56. The first-order chi connectivity index (χ1) is 19.4. The second-order valence-corrected chi connectivity index (χ2v) is 10.3. The molecule has 3 atom stereocenters. The number of nitrogens with one attached hydrogen (secondary N) is 2. The molecule has 3 N–H and O–H groups in total. The van der Waals surface area contributed by atoms with E-state index >= 15 is 0 Å². The summed E-state index contributed by atoms with van der Waals surface area (Å²) in [5, 5.41) is 16.4. The van der Waals surface area contributed by atoms with Crippen LogP contribution in [0.3, 0.4) is 0 Å². The van der Waals surface area contributed by atoms with Crippen molar-refractivity contribution in [2.45, 2.75) is 57.3 Å². The Morgan fingerprint density at radius 1 is 1.10 bits per heavy atom. The molecule has 0 saturated carbocycles. The van der Waals surface area contributed by atoms with Gasteiger partial charge in [0.2, 0.25) is 5.91 Å². The largest absolute Gasteiger partial charge is 0.381 e. The quantitative estimate of drug-likeness (QED) is 0.360. The molecule has 1 aliphatic rings. The third kappa shape index (κ3) is 6.71. The molecular formula is C29H32F2N4O6. The van der Waals surface area contributed by atoms with Crippen LogP contribution in [-0.4, -0.2) is 63.1 Å². The van der Waals surface area contributed by atoms with Crippen LogP contribution in [0.1, 0.15) is 39.2 Å². The summed E-state index contributed by atoms with van der Waals surface area (Å²) in [5.74, 6) is -6.07. The first-order valence-electron chi connectivity index (χ1n) is 13.1. The maximum absolute atomic E-state index is 14.6. The van der Waals surface area contributed by atoms with E-state index in [1.807, 2.05) is 19.1 Å². The topological polar surface area (TPSA) is 134 Å². The minimum absolute atomic E-state index is 0.0221. The van der Waals surface area contributed by atoms with Gasteiger partial charge in [0.1, 0.15) is 11.7 Å². The molecule has 1 fully saturated rings. The molecule has 10 nitrogen and oxygen atoms in total. The number of aliphatic hydroxyl groups is 1. The van der Waals surface area contributed by atoms with Crippen molar-refractivity contribution in [2.24, 2.45) is 7.05 Å². The van der Waals surface area contributed by atoms with Crippen molar-refractivity contribution >= 4 is 17.7 Å². The lowest BCUT2D eigenvalue weighted by molar-refractivity contribution is -0.147. The molecule has 1 aliphatic heterocycles. The monoisotopic (exact) mass is 570 g/mol. The van der Waals surface area contributed by atoms with Gasteiger partial charge in [-0.25, -0.2) is 18.3 Å². The Morgan fingerprint density at radius 2 is 1.76 bits per heavy atom. The number of aliphatic hydroxyl groups excluding tert-OH is 1. The number of carbonyl (C=O) groups is 3. The Labute approximate surface area is 234 Å². The predicted molar refractivity (Wildman–Crippen MR) is 144 cm³/mol. The molecule has 0 aliphatic carbocycles. The van der Waals surface area contributed by atoms with Gasteiger partial charge in [0.25, 0.3) is 17.7 Å². The molecule has 0 bridgehead atoms. The van der Waals surface area contributed by atoms with Crippen molar-refractivity contribution in [3.05, 3.63) is 93.0 Å². The zero-order valence-corrected chi connectivity index (χ0v) is 22.9. The van der Waals surface area contributed by atoms with Crippen molar-refractivity contribution < 1.29 is 32.8 Å². The molecule has 3 amide bonds. The number of likely N-dealkylation sites (tertiary alicyclic amines) is 1.